The second-order valence-electron chi connectivity index (χ2n) is 11.5. The highest BCUT2D eigenvalue weighted by molar-refractivity contribution is 5.69. The van der Waals surface area contributed by atoms with Crippen LogP contribution in [0.2, 0.25) is 0 Å². The summed E-state index contributed by atoms with van der Waals surface area (Å²) in [4.78, 5) is 85.2. The zero-order chi connectivity index (χ0) is 35.7. The van der Waals surface area contributed by atoms with Gasteiger partial charge in [0.1, 0.15) is 37.6 Å². The molecule has 18 nitrogen and oxygen atoms in total. The van der Waals surface area contributed by atoms with Crippen molar-refractivity contribution in [3.8, 4) is 0 Å². The molecule has 3 heterocycles. The Kier molecular flexibility index (Phi) is 14.1. The molecule has 3 rings (SSSR count). The van der Waals surface area contributed by atoms with Gasteiger partial charge in [0.2, 0.25) is 0 Å². The summed E-state index contributed by atoms with van der Waals surface area (Å²) in [5, 5.41) is 3.27. The molecule has 3 fully saturated rings. The molecule has 0 bridgehead atoms. The van der Waals surface area contributed by atoms with E-state index in [1.54, 1.807) is 0 Å². The first-order valence-corrected chi connectivity index (χ1v) is 15.4. The van der Waals surface area contributed by atoms with Gasteiger partial charge in [-0.05, 0) is 19.4 Å². The molecule has 48 heavy (non-hydrogen) atoms. The molecule has 0 radical (unpaired) electrons. The van der Waals surface area contributed by atoms with Gasteiger partial charge in [-0.3, -0.25) is 33.6 Å². The standard InChI is InChI=1S/C30H43NO17/c1-13(32)39-11-21-25(27(43-17(5)36)26(42-16(4)35)23(46-21)20-9-8-10-31-20)48-30-29(45-19(7)38)28(44-18(6)37)24(41-15(3)34)22(47-30)12-40-14(2)33/h20-31H,8-12H2,1-7H3/t20?,21-,22-,23+,24-,25-,26+,27+,28+,29-,30-/m1/s1. The first-order chi connectivity index (χ1) is 22.6. The van der Waals surface area contributed by atoms with Crippen LogP contribution >= 0.6 is 0 Å². The molecule has 0 amide bonds. The van der Waals surface area contributed by atoms with Crippen molar-refractivity contribution in [1.82, 2.24) is 5.32 Å². The number of hydrogen-bond acceptors (Lipinski definition) is 18. The third-order valence-corrected chi connectivity index (χ3v) is 7.46. The molecular formula is C30H43NO17. The molecule has 0 aromatic carbocycles. The largest absolute Gasteiger partial charge is 0.463 e. The van der Waals surface area contributed by atoms with Crippen molar-refractivity contribution >= 4 is 41.8 Å². The number of rotatable bonds is 12. The van der Waals surface area contributed by atoms with E-state index < -0.39 is 116 Å². The molecular weight excluding hydrogens is 646 g/mol. The van der Waals surface area contributed by atoms with Crippen LogP contribution in [0.3, 0.4) is 0 Å². The van der Waals surface area contributed by atoms with Gasteiger partial charge in [-0.15, -0.1) is 0 Å². The third-order valence-electron chi connectivity index (χ3n) is 7.46. The lowest BCUT2D eigenvalue weighted by molar-refractivity contribution is -0.345. The molecule has 3 aliphatic heterocycles. The highest BCUT2D eigenvalue weighted by Gasteiger charge is 2.58. The minimum Gasteiger partial charge on any atom is -0.463 e. The Morgan fingerprint density at radius 2 is 0.979 bits per heavy atom. The molecule has 0 aromatic rings. The molecule has 3 aliphatic rings. The highest BCUT2D eigenvalue weighted by atomic mass is 16.8. The minimum absolute atomic E-state index is 0.362. The Morgan fingerprint density at radius 1 is 0.542 bits per heavy atom. The van der Waals surface area contributed by atoms with Crippen LogP contribution in [0.4, 0.5) is 0 Å². The predicted octanol–water partition coefficient (Wildman–Crippen LogP) is -0.599. The van der Waals surface area contributed by atoms with Crippen molar-refractivity contribution in [2.75, 3.05) is 19.8 Å². The first-order valence-electron chi connectivity index (χ1n) is 15.4. The average molecular weight is 690 g/mol. The molecule has 0 aromatic heterocycles. The van der Waals surface area contributed by atoms with Crippen molar-refractivity contribution in [2.45, 2.75) is 129 Å². The molecule has 1 N–H and O–H groups in total. The van der Waals surface area contributed by atoms with Crippen LogP contribution < -0.4 is 5.32 Å². The van der Waals surface area contributed by atoms with Crippen LogP contribution in [0.25, 0.3) is 0 Å². The molecule has 270 valence electrons. The number of nitrogens with one attached hydrogen (secondary N) is 1. The zero-order valence-corrected chi connectivity index (χ0v) is 27.8. The van der Waals surface area contributed by atoms with Crippen molar-refractivity contribution in [2.24, 2.45) is 0 Å². The quantitative estimate of drug-likeness (QED) is 0.199. The van der Waals surface area contributed by atoms with E-state index in [1.165, 1.54) is 6.92 Å². The Labute approximate surface area is 276 Å². The van der Waals surface area contributed by atoms with Gasteiger partial charge in [0.25, 0.3) is 0 Å². The smallest absolute Gasteiger partial charge is 0.303 e. The second kappa shape index (κ2) is 17.5. The fraction of sp³-hybridized carbons (Fsp3) is 0.767. The van der Waals surface area contributed by atoms with Crippen LogP contribution in [0.15, 0.2) is 0 Å². The van der Waals surface area contributed by atoms with Crippen molar-refractivity contribution in [1.29, 1.82) is 0 Å². The number of hydrogen-bond donors (Lipinski definition) is 1. The first kappa shape index (κ1) is 38.6. The van der Waals surface area contributed by atoms with E-state index in [-0.39, 0.29) is 6.04 Å². The van der Waals surface area contributed by atoms with E-state index in [9.17, 15) is 33.6 Å². The summed E-state index contributed by atoms with van der Waals surface area (Å²) in [5.41, 5.74) is 0. The van der Waals surface area contributed by atoms with Crippen molar-refractivity contribution in [3.63, 3.8) is 0 Å². The summed E-state index contributed by atoms with van der Waals surface area (Å²) in [6.07, 6.45) is -12.6. The van der Waals surface area contributed by atoms with Crippen LogP contribution in [0.5, 0.6) is 0 Å². The van der Waals surface area contributed by atoms with Gasteiger partial charge < -0.3 is 52.7 Å². The van der Waals surface area contributed by atoms with E-state index in [0.29, 0.717) is 13.0 Å². The van der Waals surface area contributed by atoms with Gasteiger partial charge in [-0.25, -0.2) is 0 Å². The number of carbonyl (C=O) groups is 7. The van der Waals surface area contributed by atoms with Crippen LogP contribution in [0, 0.1) is 0 Å². The lowest BCUT2D eigenvalue weighted by Gasteiger charge is -2.49. The van der Waals surface area contributed by atoms with Gasteiger partial charge >= 0.3 is 41.8 Å². The fourth-order valence-electron chi connectivity index (χ4n) is 5.86. The van der Waals surface area contributed by atoms with Gasteiger partial charge in [0.15, 0.2) is 36.8 Å². The van der Waals surface area contributed by atoms with Crippen molar-refractivity contribution < 1.29 is 80.9 Å². The third kappa shape index (κ3) is 10.8. The second-order valence-corrected chi connectivity index (χ2v) is 11.5. The summed E-state index contributed by atoms with van der Waals surface area (Å²) in [5.74, 6) is -5.50. The summed E-state index contributed by atoms with van der Waals surface area (Å²) in [6.45, 7) is 7.42. The molecule has 0 saturated carbocycles. The Hall–Kier alpha value is -3.87. The van der Waals surface area contributed by atoms with Crippen LogP contribution in [-0.2, 0) is 80.9 Å². The fourth-order valence-corrected chi connectivity index (χ4v) is 5.86. The van der Waals surface area contributed by atoms with Gasteiger partial charge in [-0.2, -0.15) is 0 Å². The number of carbonyl (C=O) groups excluding carboxylic acids is 7. The lowest BCUT2D eigenvalue weighted by Crippen LogP contribution is -2.68. The maximum absolute atomic E-state index is 12.5. The Bertz CT molecular complexity index is 1200. The predicted molar refractivity (Wildman–Crippen MR) is 154 cm³/mol. The molecule has 0 aliphatic carbocycles. The summed E-state index contributed by atoms with van der Waals surface area (Å²) >= 11 is 0. The van der Waals surface area contributed by atoms with Crippen LogP contribution in [0.1, 0.15) is 61.3 Å². The lowest BCUT2D eigenvalue weighted by atomic mass is 9.89. The normalized spacial score (nSPS) is 33.0. The average Bonchev–Trinajstić information content (AvgIpc) is 3.49. The van der Waals surface area contributed by atoms with Crippen LogP contribution in [-0.4, -0.2) is 129 Å². The molecule has 1 unspecified atom stereocenters. The van der Waals surface area contributed by atoms with E-state index in [2.05, 4.69) is 5.32 Å². The summed E-state index contributed by atoms with van der Waals surface area (Å²) in [6, 6.07) is -0.362. The van der Waals surface area contributed by atoms with E-state index in [1.807, 2.05) is 0 Å². The summed E-state index contributed by atoms with van der Waals surface area (Å²) < 4.78 is 56.9. The van der Waals surface area contributed by atoms with Gasteiger partial charge in [0.05, 0.1) is 0 Å². The maximum atomic E-state index is 12.5. The molecule has 0 spiro atoms. The Morgan fingerprint density at radius 3 is 1.44 bits per heavy atom. The topological polar surface area (TPSA) is 224 Å². The molecule has 3 saturated heterocycles. The van der Waals surface area contributed by atoms with Gasteiger partial charge in [0, 0.05) is 54.5 Å². The van der Waals surface area contributed by atoms with E-state index in [0.717, 1.165) is 48.0 Å². The molecule has 11 atom stereocenters. The van der Waals surface area contributed by atoms with E-state index >= 15 is 0 Å². The highest BCUT2D eigenvalue weighted by Crippen LogP contribution is 2.36. The minimum atomic E-state index is -1.73. The monoisotopic (exact) mass is 689 g/mol. The summed E-state index contributed by atoms with van der Waals surface area (Å²) in [7, 11) is 0. The zero-order valence-electron chi connectivity index (χ0n) is 27.8. The SMILES string of the molecule is CC(=O)OC[C@H]1O[C@@H](C2CCCN2)[C@H](OC(C)=O)[C@@H](OC(C)=O)[C@@H]1O[C@H]1O[C@H](COC(C)=O)[C@@H](OC(C)=O)[C@H](OC(C)=O)[C@H]1OC(C)=O. The van der Waals surface area contributed by atoms with E-state index in [4.69, 9.17) is 47.4 Å². The van der Waals surface area contributed by atoms with Crippen molar-refractivity contribution in [3.05, 3.63) is 0 Å². The maximum Gasteiger partial charge on any atom is 0.303 e. The van der Waals surface area contributed by atoms with Gasteiger partial charge in [-0.1, -0.05) is 0 Å². The number of ether oxygens (including phenoxy) is 10. The molecule has 18 heteroatoms. The Balaban J connectivity index is 2.14. The number of esters is 7.